The molecule has 2 N–H and O–H groups in total. The summed E-state index contributed by atoms with van der Waals surface area (Å²) in [6, 6.07) is 3.59. The van der Waals surface area contributed by atoms with Gasteiger partial charge >= 0.3 is 0 Å². The highest BCUT2D eigenvalue weighted by Gasteiger charge is 2.28. The van der Waals surface area contributed by atoms with E-state index in [2.05, 4.69) is 0 Å². The number of amides is 1. The Morgan fingerprint density at radius 1 is 1.41 bits per heavy atom. The molecule has 1 aliphatic heterocycles. The maximum absolute atomic E-state index is 13.4. The summed E-state index contributed by atoms with van der Waals surface area (Å²) >= 11 is 0. The van der Waals surface area contributed by atoms with E-state index in [1.807, 2.05) is 4.90 Å². The van der Waals surface area contributed by atoms with Crippen molar-refractivity contribution in [1.29, 1.82) is 5.26 Å². The van der Waals surface area contributed by atoms with Gasteiger partial charge in [0.25, 0.3) is 5.69 Å². The molecule has 1 saturated heterocycles. The standard InChI is InChI=1S/C13H14FN5O3/c14-10-5-9(7-15)13(11(6-10)19(21)22)18-3-1-17(2-4-18)8-12(16)20/h5-6H,1-4,8H2,(H2,16,20). The summed E-state index contributed by atoms with van der Waals surface area (Å²) in [5.74, 6) is -1.27. The van der Waals surface area contributed by atoms with Gasteiger partial charge in [-0.2, -0.15) is 5.26 Å². The van der Waals surface area contributed by atoms with Gasteiger partial charge in [0.05, 0.1) is 23.1 Å². The van der Waals surface area contributed by atoms with Crippen molar-refractivity contribution in [3.8, 4) is 6.07 Å². The fourth-order valence-corrected chi connectivity index (χ4v) is 2.49. The number of carbonyl (C=O) groups is 1. The fourth-order valence-electron chi connectivity index (χ4n) is 2.49. The third kappa shape index (κ3) is 3.29. The number of rotatable bonds is 4. The molecule has 1 aromatic rings. The van der Waals surface area contributed by atoms with Crippen molar-refractivity contribution in [2.45, 2.75) is 0 Å². The largest absolute Gasteiger partial charge is 0.369 e. The van der Waals surface area contributed by atoms with Crippen molar-refractivity contribution < 1.29 is 14.1 Å². The Bertz CT molecular complexity index is 650. The SMILES string of the molecule is N#Cc1cc(F)cc([N+](=O)[O-])c1N1CCN(CC(N)=O)CC1. The van der Waals surface area contributed by atoms with E-state index in [0.717, 1.165) is 12.1 Å². The van der Waals surface area contributed by atoms with Crippen LogP contribution in [0.4, 0.5) is 15.8 Å². The van der Waals surface area contributed by atoms with Gasteiger partial charge in [0.1, 0.15) is 17.6 Å². The summed E-state index contributed by atoms with van der Waals surface area (Å²) in [4.78, 5) is 24.8. The highest BCUT2D eigenvalue weighted by Crippen LogP contribution is 2.33. The number of anilines is 1. The molecule has 9 heteroatoms. The van der Waals surface area contributed by atoms with E-state index in [-0.39, 0.29) is 17.8 Å². The minimum absolute atomic E-state index is 0.0740. The molecule has 0 saturated carbocycles. The lowest BCUT2D eigenvalue weighted by atomic mass is 10.1. The molecule has 0 radical (unpaired) electrons. The first-order chi connectivity index (χ1) is 10.4. The number of piperazine rings is 1. The summed E-state index contributed by atoms with van der Waals surface area (Å²) in [5, 5.41) is 20.2. The molecule has 0 aliphatic carbocycles. The Labute approximate surface area is 125 Å². The third-order valence-electron chi connectivity index (χ3n) is 3.44. The first-order valence-electron chi connectivity index (χ1n) is 6.56. The van der Waals surface area contributed by atoms with Crippen LogP contribution in [-0.4, -0.2) is 48.5 Å². The Hall–Kier alpha value is -2.73. The zero-order valence-electron chi connectivity index (χ0n) is 11.7. The minimum atomic E-state index is -0.820. The zero-order valence-corrected chi connectivity index (χ0v) is 11.7. The first kappa shape index (κ1) is 15.7. The number of nitriles is 1. The summed E-state index contributed by atoms with van der Waals surface area (Å²) in [6.45, 7) is 1.83. The highest BCUT2D eigenvalue weighted by molar-refractivity contribution is 5.76. The molecule has 0 aromatic heterocycles. The molecule has 0 bridgehead atoms. The van der Waals surface area contributed by atoms with Crippen LogP contribution in [-0.2, 0) is 4.79 Å². The summed E-state index contributed by atoms with van der Waals surface area (Å²) in [5.41, 5.74) is 4.74. The van der Waals surface area contributed by atoms with Gasteiger partial charge in [-0.05, 0) is 6.07 Å². The molecule has 0 atom stereocenters. The van der Waals surface area contributed by atoms with E-state index < -0.39 is 22.3 Å². The fraction of sp³-hybridized carbons (Fsp3) is 0.385. The Morgan fingerprint density at radius 3 is 2.55 bits per heavy atom. The Balaban J connectivity index is 2.28. The smallest absolute Gasteiger partial charge is 0.296 e. The number of benzene rings is 1. The molecule has 0 unspecified atom stereocenters. The molecule has 1 aromatic carbocycles. The quantitative estimate of drug-likeness (QED) is 0.628. The van der Waals surface area contributed by atoms with Gasteiger partial charge in [-0.15, -0.1) is 0 Å². The molecular formula is C13H14FN5O3. The normalized spacial score (nSPS) is 15.4. The van der Waals surface area contributed by atoms with E-state index in [1.54, 1.807) is 11.0 Å². The lowest BCUT2D eigenvalue weighted by molar-refractivity contribution is -0.384. The molecule has 2 rings (SSSR count). The van der Waals surface area contributed by atoms with Crippen LogP contribution in [0, 0.1) is 27.3 Å². The lowest BCUT2D eigenvalue weighted by Gasteiger charge is -2.35. The number of nitro groups is 1. The molecule has 1 heterocycles. The molecule has 8 nitrogen and oxygen atoms in total. The topological polar surface area (TPSA) is 116 Å². The molecule has 22 heavy (non-hydrogen) atoms. The lowest BCUT2D eigenvalue weighted by Crippen LogP contribution is -2.49. The monoisotopic (exact) mass is 307 g/mol. The van der Waals surface area contributed by atoms with Gasteiger partial charge in [0.2, 0.25) is 5.91 Å². The number of hydrogen-bond acceptors (Lipinski definition) is 6. The van der Waals surface area contributed by atoms with Crippen molar-refractivity contribution in [2.24, 2.45) is 5.73 Å². The first-order valence-corrected chi connectivity index (χ1v) is 6.56. The molecule has 1 aliphatic rings. The van der Waals surface area contributed by atoms with Crippen LogP contribution in [0.3, 0.4) is 0 Å². The number of nitrogens with two attached hydrogens (primary N) is 1. The van der Waals surface area contributed by atoms with E-state index in [1.165, 1.54) is 0 Å². The maximum atomic E-state index is 13.4. The number of carbonyl (C=O) groups excluding carboxylic acids is 1. The van der Waals surface area contributed by atoms with Gasteiger partial charge in [-0.1, -0.05) is 0 Å². The Kier molecular flexibility index (Phi) is 4.53. The number of nitro benzene ring substituents is 1. The molecule has 0 spiro atoms. The summed E-state index contributed by atoms with van der Waals surface area (Å²) < 4.78 is 13.4. The van der Waals surface area contributed by atoms with E-state index >= 15 is 0 Å². The van der Waals surface area contributed by atoms with Crippen LogP contribution in [0.1, 0.15) is 5.56 Å². The average Bonchev–Trinajstić information content (AvgIpc) is 2.46. The van der Waals surface area contributed by atoms with Crippen LogP contribution in [0.25, 0.3) is 0 Å². The third-order valence-corrected chi connectivity index (χ3v) is 3.44. The van der Waals surface area contributed by atoms with Crippen molar-refractivity contribution in [3.63, 3.8) is 0 Å². The predicted molar refractivity (Wildman–Crippen MR) is 75.6 cm³/mol. The van der Waals surface area contributed by atoms with E-state index in [4.69, 9.17) is 11.0 Å². The maximum Gasteiger partial charge on any atom is 0.296 e. The average molecular weight is 307 g/mol. The second-order valence-electron chi connectivity index (χ2n) is 4.92. The van der Waals surface area contributed by atoms with Gasteiger partial charge in [0.15, 0.2) is 0 Å². The predicted octanol–water partition coefficient (Wildman–Crippen LogP) is 0.213. The second-order valence-corrected chi connectivity index (χ2v) is 4.92. The molecule has 116 valence electrons. The van der Waals surface area contributed by atoms with Crippen LogP contribution in [0.15, 0.2) is 12.1 Å². The Morgan fingerprint density at radius 2 is 2.05 bits per heavy atom. The summed E-state index contributed by atoms with van der Waals surface area (Å²) in [6.07, 6.45) is 0. The van der Waals surface area contributed by atoms with Crippen LogP contribution in [0.2, 0.25) is 0 Å². The van der Waals surface area contributed by atoms with Crippen LogP contribution < -0.4 is 10.6 Å². The number of halogens is 1. The van der Waals surface area contributed by atoms with Crippen molar-refractivity contribution in [1.82, 2.24) is 4.90 Å². The van der Waals surface area contributed by atoms with E-state index in [9.17, 15) is 19.3 Å². The number of nitrogens with zero attached hydrogens (tertiary/aromatic N) is 4. The van der Waals surface area contributed by atoms with Crippen LogP contribution >= 0.6 is 0 Å². The van der Waals surface area contributed by atoms with Gasteiger partial charge in [-0.3, -0.25) is 19.8 Å². The number of primary amides is 1. The zero-order chi connectivity index (χ0) is 16.3. The molecule has 1 fully saturated rings. The minimum Gasteiger partial charge on any atom is -0.369 e. The van der Waals surface area contributed by atoms with Gasteiger partial charge in [-0.25, -0.2) is 4.39 Å². The highest BCUT2D eigenvalue weighted by atomic mass is 19.1. The number of hydrogen-bond donors (Lipinski definition) is 1. The van der Waals surface area contributed by atoms with Gasteiger partial charge < -0.3 is 10.6 Å². The second kappa shape index (κ2) is 6.36. The molecule has 1 amide bonds. The van der Waals surface area contributed by atoms with E-state index in [0.29, 0.717) is 26.2 Å². The van der Waals surface area contributed by atoms with Crippen LogP contribution in [0.5, 0.6) is 0 Å². The van der Waals surface area contributed by atoms with Gasteiger partial charge in [0, 0.05) is 26.2 Å². The van der Waals surface area contributed by atoms with Crippen molar-refractivity contribution in [2.75, 3.05) is 37.6 Å². The van der Waals surface area contributed by atoms with Crippen molar-refractivity contribution >= 4 is 17.3 Å². The summed E-state index contributed by atoms with van der Waals surface area (Å²) in [7, 11) is 0. The molecular weight excluding hydrogens is 293 g/mol. The van der Waals surface area contributed by atoms with Crippen molar-refractivity contribution in [3.05, 3.63) is 33.6 Å².